The van der Waals surface area contributed by atoms with Crippen LogP contribution in [0, 0.1) is 29.4 Å². The Kier molecular flexibility index (Phi) is 14.6. The number of aromatic nitrogens is 3. The SMILES string of the molecule is CCCC(CC(=O)C(C)NC)C(=O)N1CC(F)CC1Cc1c(-c2nc3cc(F)ccc3n2CC2CC(F)CN2C(=O)C(NC(=O)C(C)CC)C2CCCCC2)[nH]c2cc(F)ccc12. The van der Waals surface area contributed by atoms with Gasteiger partial charge in [0, 0.05) is 60.7 Å². The summed E-state index contributed by atoms with van der Waals surface area (Å²) in [5.41, 5.74) is 2.34. The molecule has 4 aromatic rings. The van der Waals surface area contributed by atoms with Crippen LogP contribution in [0.25, 0.3) is 33.5 Å². The topological polar surface area (TPSA) is 132 Å². The summed E-state index contributed by atoms with van der Waals surface area (Å²) in [6, 6.07) is 5.97. The second-order valence-electron chi connectivity index (χ2n) is 18.4. The molecule has 11 nitrogen and oxygen atoms in total. The number of aromatic amines is 1. The van der Waals surface area contributed by atoms with Gasteiger partial charge in [0.15, 0.2) is 5.82 Å². The van der Waals surface area contributed by atoms with Gasteiger partial charge in [-0.1, -0.05) is 46.5 Å². The number of Topliss-reactive ketones (excluding diaryl/α,β-unsaturated/α-hetero) is 1. The van der Waals surface area contributed by atoms with Crippen molar-refractivity contribution in [3.63, 3.8) is 0 Å². The van der Waals surface area contributed by atoms with Crippen molar-refractivity contribution in [2.45, 2.75) is 148 Å². The molecule has 2 aliphatic heterocycles. The molecular weight excluding hydrogens is 815 g/mol. The molecule has 7 rings (SSSR count). The van der Waals surface area contributed by atoms with Crippen molar-refractivity contribution >= 4 is 45.4 Å². The highest BCUT2D eigenvalue weighted by Crippen LogP contribution is 2.38. The number of amides is 3. The van der Waals surface area contributed by atoms with Gasteiger partial charge in [-0.05, 0) is 87.9 Å². The summed E-state index contributed by atoms with van der Waals surface area (Å²) in [6.45, 7) is 7.23. The number of carbonyl (C=O) groups excluding carboxylic acids is 4. The average molecular weight is 878 g/mol. The lowest BCUT2D eigenvalue weighted by Gasteiger charge is -2.35. The molecule has 8 atom stereocenters. The molecule has 3 fully saturated rings. The molecule has 3 aliphatic rings. The molecule has 8 unspecified atom stereocenters. The number of rotatable bonds is 17. The third-order valence-electron chi connectivity index (χ3n) is 14.0. The summed E-state index contributed by atoms with van der Waals surface area (Å²) < 4.78 is 62.9. The Hall–Kier alpha value is -4.79. The van der Waals surface area contributed by atoms with Gasteiger partial charge in [0.1, 0.15) is 35.8 Å². The van der Waals surface area contributed by atoms with Gasteiger partial charge >= 0.3 is 0 Å². The molecule has 2 aromatic carbocycles. The molecule has 0 spiro atoms. The number of imidazole rings is 1. The van der Waals surface area contributed by atoms with E-state index >= 15 is 8.78 Å². The maximum absolute atomic E-state index is 15.7. The third kappa shape index (κ3) is 9.98. The van der Waals surface area contributed by atoms with Crippen molar-refractivity contribution < 1.29 is 36.7 Å². The zero-order valence-electron chi connectivity index (χ0n) is 37.2. The fourth-order valence-corrected chi connectivity index (χ4v) is 10.2. The molecule has 1 aliphatic carbocycles. The number of nitrogens with one attached hydrogen (secondary N) is 3. The molecule has 2 aromatic heterocycles. The first kappa shape index (κ1) is 46.2. The fourth-order valence-electron chi connectivity index (χ4n) is 10.2. The van der Waals surface area contributed by atoms with Crippen LogP contribution < -0.4 is 10.6 Å². The predicted molar refractivity (Wildman–Crippen MR) is 235 cm³/mol. The summed E-state index contributed by atoms with van der Waals surface area (Å²) in [4.78, 5) is 66.7. The first-order valence-corrected chi connectivity index (χ1v) is 23.1. The van der Waals surface area contributed by atoms with E-state index in [1.807, 2.05) is 25.3 Å². The second kappa shape index (κ2) is 19.9. The van der Waals surface area contributed by atoms with Crippen molar-refractivity contribution in [1.82, 2.24) is 35.0 Å². The summed E-state index contributed by atoms with van der Waals surface area (Å²) in [7, 11) is 1.68. The Morgan fingerprint density at radius 2 is 1.56 bits per heavy atom. The van der Waals surface area contributed by atoms with Crippen molar-refractivity contribution in [2.75, 3.05) is 20.1 Å². The van der Waals surface area contributed by atoms with Crippen molar-refractivity contribution in [1.29, 1.82) is 0 Å². The molecule has 3 amide bonds. The zero-order chi connectivity index (χ0) is 45.1. The molecule has 15 heteroatoms. The predicted octanol–water partition coefficient (Wildman–Crippen LogP) is 7.98. The minimum absolute atomic E-state index is 0.0269. The van der Waals surface area contributed by atoms with Crippen molar-refractivity contribution in [3.8, 4) is 11.5 Å². The zero-order valence-corrected chi connectivity index (χ0v) is 37.2. The lowest BCUT2D eigenvalue weighted by Crippen LogP contribution is -2.55. The molecule has 0 bridgehead atoms. The van der Waals surface area contributed by atoms with Gasteiger partial charge in [-0.15, -0.1) is 0 Å². The van der Waals surface area contributed by atoms with E-state index in [1.165, 1.54) is 24.3 Å². The lowest BCUT2D eigenvalue weighted by atomic mass is 9.83. The molecule has 4 heterocycles. The maximum atomic E-state index is 15.7. The van der Waals surface area contributed by atoms with E-state index < -0.39 is 54.1 Å². The molecule has 3 N–H and O–H groups in total. The summed E-state index contributed by atoms with van der Waals surface area (Å²) >= 11 is 0. The van der Waals surface area contributed by atoms with E-state index in [2.05, 4.69) is 15.6 Å². The van der Waals surface area contributed by atoms with E-state index in [0.29, 0.717) is 58.3 Å². The Morgan fingerprint density at radius 1 is 0.889 bits per heavy atom. The minimum Gasteiger partial charge on any atom is -0.352 e. The van der Waals surface area contributed by atoms with Gasteiger partial charge in [-0.3, -0.25) is 19.2 Å². The number of H-pyrrole nitrogens is 1. The Bertz CT molecular complexity index is 2290. The van der Waals surface area contributed by atoms with Gasteiger partial charge < -0.3 is 30.0 Å². The standard InChI is InChI=1S/C48H63F4N7O4/c1-6-11-30(18-42(60)28(4)53-5)47(62)57-24-33(51)19-35(57)23-38-37-16-14-31(49)21-39(37)54-44(38)45-55-40-22-32(50)15-17-41(40)59(45)26-36-20-34(52)25-58(36)48(63)43(29-12-9-8-10-13-29)56-46(61)27(3)7-2/h14-17,21-22,27-30,33-36,43,53-54H,6-13,18-20,23-26H2,1-5H3,(H,56,61). The lowest BCUT2D eigenvalue weighted by molar-refractivity contribution is -0.140. The molecule has 1 saturated carbocycles. The molecule has 2 saturated heterocycles. The quantitative estimate of drug-likeness (QED) is 0.0923. The van der Waals surface area contributed by atoms with E-state index in [-0.39, 0.29) is 80.7 Å². The number of ketones is 1. The van der Waals surface area contributed by atoms with E-state index in [1.54, 1.807) is 35.9 Å². The minimum atomic E-state index is -1.33. The Labute approximate surface area is 367 Å². The number of fused-ring (bicyclic) bond motifs is 2. The van der Waals surface area contributed by atoms with Crippen LogP contribution in [0.5, 0.6) is 0 Å². The van der Waals surface area contributed by atoms with Crippen molar-refractivity contribution in [2.24, 2.45) is 17.8 Å². The normalized spacial score (nSPS) is 22.7. The number of halogens is 4. The van der Waals surface area contributed by atoms with Crippen LogP contribution in [0.3, 0.4) is 0 Å². The molecular formula is C48H63F4N7O4. The van der Waals surface area contributed by atoms with E-state index in [0.717, 1.165) is 32.1 Å². The maximum Gasteiger partial charge on any atom is 0.245 e. The number of likely N-dealkylation sites (N-methyl/N-ethyl adjacent to an activating group) is 1. The smallest absolute Gasteiger partial charge is 0.245 e. The Balaban J connectivity index is 1.27. The molecule has 0 radical (unpaired) electrons. The van der Waals surface area contributed by atoms with E-state index in [4.69, 9.17) is 4.98 Å². The van der Waals surface area contributed by atoms with Crippen LogP contribution in [0.4, 0.5) is 17.6 Å². The summed E-state index contributed by atoms with van der Waals surface area (Å²) in [5.74, 6) is -2.62. The summed E-state index contributed by atoms with van der Waals surface area (Å²) in [6.07, 6.45) is 3.84. The monoisotopic (exact) mass is 877 g/mol. The average Bonchev–Trinajstić information content (AvgIpc) is 4.03. The van der Waals surface area contributed by atoms with Gasteiger partial charge in [0.2, 0.25) is 17.7 Å². The number of hydrogen-bond acceptors (Lipinski definition) is 6. The van der Waals surface area contributed by atoms with Gasteiger partial charge in [-0.2, -0.15) is 0 Å². The van der Waals surface area contributed by atoms with Crippen LogP contribution in [0.15, 0.2) is 36.4 Å². The van der Waals surface area contributed by atoms with Crippen molar-refractivity contribution in [3.05, 3.63) is 53.6 Å². The fraction of sp³-hybridized carbons (Fsp3) is 0.604. The highest BCUT2D eigenvalue weighted by molar-refractivity contribution is 5.93. The first-order valence-electron chi connectivity index (χ1n) is 23.1. The third-order valence-corrected chi connectivity index (χ3v) is 14.0. The van der Waals surface area contributed by atoms with Crippen LogP contribution in [0.2, 0.25) is 0 Å². The van der Waals surface area contributed by atoms with Crippen LogP contribution in [-0.2, 0) is 32.1 Å². The number of alkyl halides is 2. The van der Waals surface area contributed by atoms with Crippen LogP contribution in [-0.4, -0.2) is 104 Å². The first-order chi connectivity index (χ1) is 30.2. The second-order valence-corrected chi connectivity index (χ2v) is 18.4. The van der Waals surface area contributed by atoms with E-state index in [9.17, 15) is 28.0 Å². The van der Waals surface area contributed by atoms with Gasteiger partial charge in [0.05, 0.1) is 41.9 Å². The largest absolute Gasteiger partial charge is 0.352 e. The highest BCUT2D eigenvalue weighted by atomic mass is 19.1. The van der Waals surface area contributed by atoms with Crippen LogP contribution >= 0.6 is 0 Å². The number of hydrogen-bond donors (Lipinski definition) is 3. The Morgan fingerprint density at radius 3 is 2.24 bits per heavy atom. The molecule has 63 heavy (non-hydrogen) atoms. The van der Waals surface area contributed by atoms with Gasteiger partial charge in [-0.25, -0.2) is 22.5 Å². The summed E-state index contributed by atoms with van der Waals surface area (Å²) in [5, 5.41) is 6.64. The number of carbonyl (C=O) groups is 4. The van der Waals surface area contributed by atoms with Gasteiger partial charge in [0.25, 0.3) is 0 Å². The number of nitrogens with zero attached hydrogens (tertiary/aromatic N) is 4. The number of benzene rings is 2. The number of likely N-dealkylation sites (tertiary alicyclic amines) is 2. The van der Waals surface area contributed by atoms with Crippen LogP contribution in [0.1, 0.15) is 104 Å². The molecule has 342 valence electrons. The highest BCUT2D eigenvalue weighted by Gasteiger charge is 2.43.